The molecule has 8 nitrogen and oxygen atoms in total. The molecule has 0 radical (unpaired) electrons. The molecule has 0 spiro atoms. The standard InChI is InChI=1S/C28H32N6O2/c1-29-26(30-2)20-10-14-23(15-11-20)33-25(35)18-7-19-5-8-22(9-6-19)28(36)34-24-16-12-21(13-17-24)27(31-3)32-4/h5-6,8-17H,7,18H2,1-4H3,(H,29,30)(H,31,32)(H,33,35)(H,34,36). The number of benzene rings is 3. The maximum Gasteiger partial charge on any atom is 0.255 e. The Kier molecular flexibility index (Phi) is 9.33. The number of amidine groups is 2. The van der Waals surface area contributed by atoms with Crippen LogP contribution < -0.4 is 21.3 Å². The highest BCUT2D eigenvalue weighted by Gasteiger charge is 2.09. The summed E-state index contributed by atoms with van der Waals surface area (Å²) in [7, 11) is 7.08. The molecular formula is C28H32N6O2. The summed E-state index contributed by atoms with van der Waals surface area (Å²) in [6, 6.07) is 22.3. The minimum atomic E-state index is -0.192. The summed E-state index contributed by atoms with van der Waals surface area (Å²) < 4.78 is 0. The zero-order valence-electron chi connectivity index (χ0n) is 21.1. The fourth-order valence-electron chi connectivity index (χ4n) is 3.70. The second-order valence-electron chi connectivity index (χ2n) is 8.00. The summed E-state index contributed by atoms with van der Waals surface area (Å²) in [6.07, 6.45) is 0.917. The van der Waals surface area contributed by atoms with Crippen molar-refractivity contribution in [2.45, 2.75) is 12.8 Å². The van der Waals surface area contributed by atoms with Crippen molar-refractivity contribution in [2.24, 2.45) is 9.98 Å². The quantitative estimate of drug-likeness (QED) is 0.289. The van der Waals surface area contributed by atoms with E-state index in [-0.39, 0.29) is 11.8 Å². The maximum atomic E-state index is 12.6. The number of aliphatic imine (C=N–C) groups is 2. The van der Waals surface area contributed by atoms with Crippen LogP contribution >= 0.6 is 0 Å². The van der Waals surface area contributed by atoms with Gasteiger partial charge in [-0.1, -0.05) is 12.1 Å². The average Bonchev–Trinajstić information content (AvgIpc) is 2.91. The predicted molar refractivity (Wildman–Crippen MR) is 147 cm³/mol. The highest BCUT2D eigenvalue weighted by molar-refractivity contribution is 6.05. The maximum absolute atomic E-state index is 12.6. The highest BCUT2D eigenvalue weighted by Crippen LogP contribution is 2.14. The Balaban J connectivity index is 1.50. The summed E-state index contributed by atoms with van der Waals surface area (Å²) in [4.78, 5) is 33.3. The Morgan fingerprint density at radius 1 is 0.639 bits per heavy atom. The van der Waals surface area contributed by atoms with Gasteiger partial charge in [0.2, 0.25) is 5.91 Å². The number of amides is 2. The lowest BCUT2D eigenvalue weighted by molar-refractivity contribution is -0.116. The van der Waals surface area contributed by atoms with Crippen LogP contribution in [-0.4, -0.2) is 51.7 Å². The van der Waals surface area contributed by atoms with E-state index in [1.807, 2.05) is 74.8 Å². The van der Waals surface area contributed by atoms with Crippen LogP contribution in [0.1, 0.15) is 33.5 Å². The van der Waals surface area contributed by atoms with Gasteiger partial charge < -0.3 is 21.3 Å². The fourth-order valence-corrected chi connectivity index (χ4v) is 3.70. The van der Waals surface area contributed by atoms with Gasteiger partial charge in [0.1, 0.15) is 11.7 Å². The van der Waals surface area contributed by atoms with E-state index in [4.69, 9.17) is 0 Å². The minimum Gasteiger partial charge on any atom is -0.373 e. The van der Waals surface area contributed by atoms with E-state index in [0.29, 0.717) is 24.1 Å². The third-order valence-corrected chi connectivity index (χ3v) is 5.64. The van der Waals surface area contributed by atoms with Crippen LogP contribution in [-0.2, 0) is 11.2 Å². The first-order valence-electron chi connectivity index (χ1n) is 11.7. The Morgan fingerprint density at radius 2 is 1.08 bits per heavy atom. The summed E-state index contributed by atoms with van der Waals surface area (Å²) in [5.74, 6) is 1.30. The van der Waals surface area contributed by atoms with Crippen molar-refractivity contribution in [3.8, 4) is 0 Å². The van der Waals surface area contributed by atoms with Gasteiger partial charge in [0.05, 0.1) is 0 Å². The highest BCUT2D eigenvalue weighted by atomic mass is 16.2. The summed E-state index contributed by atoms with van der Waals surface area (Å²) >= 11 is 0. The summed E-state index contributed by atoms with van der Waals surface area (Å²) in [5, 5.41) is 11.9. The van der Waals surface area contributed by atoms with Crippen molar-refractivity contribution in [1.82, 2.24) is 10.6 Å². The Morgan fingerprint density at radius 3 is 1.53 bits per heavy atom. The van der Waals surface area contributed by atoms with Gasteiger partial charge >= 0.3 is 0 Å². The van der Waals surface area contributed by atoms with E-state index in [0.717, 1.165) is 34.0 Å². The first-order valence-corrected chi connectivity index (χ1v) is 11.7. The Hall–Kier alpha value is -4.46. The summed E-state index contributed by atoms with van der Waals surface area (Å²) in [5.41, 5.74) is 4.87. The second-order valence-corrected chi connectivity index (χ2v) is 8.00. The van der Waals surface area contributed by atoms with E-state index < -0.39 is 0 Å². The van der Waals surface area contributed by atoms with Crippen LogP contribution in [0.3, 0.4) is 0 Å². The van der Waals surface area contributed by atoms with Gasteiger partial charge in [0, 0.05) is 62.7 Å². The second kappa shape index (κ2) is 12.9. The van der Waals surface area contributed by atoms with E-state index in [2.05, 4.69) is 31.3 Å². The monoisotopic (exact) mass is 484 g/mol. The lowest BCUT2D eigenvalue weighted by Crippen LogP contribution is -2.19. The molecule has 8 heteroatoms. The zero-order chi connectivity index (χ0) is 25.9. The van der Waals surface area contributed by atoms with Crippen LogP contribution in [0.15, 0.2) is 82.8 Å². The lowest BCUT2D eigenvalue weighted by atomic mass is 10.1. The van der Waals surface area contributed by atoms with Crippen molar-refractivity contribution >= 4 is 34.9 Å². The molecule has 0 aliphatic carbocycles. The third kappa shape index (κ3) is 7.02. The van der Waals surface area contributed by atoms with E-state index in [1.54, 1.807) is 26.2 Å². The van der Waals surface area contributed by atoms with Crippen molar-refractivity contribution in [3.05, 3.63) is 95.1 Å². The van der Waals surface area contributed by atoms with Crippen LogP contribution in [0, 0.1) is 0 Å². The number of hydrogen-bond acceptors (Lipinski definition) is 4. The molecule has 2 amide bonds. The van der Waals surface area contributed by atoms with E-state index in [1.165, 1.54) is 0 Å². The smallest absolute Gasteiger partial charge is 0.255 e. The predicted octanol–water partition coefficient (Wildman–Crippen LogP) is 3.70. The van der Waals surface area contributed by atoms with Crippen molar-refractivity contribution in [3.63, 3.8) is 0 Å². The van der Waals surface area contributed by atoms with Crippen LogP contribution in [0.4, 0.5) is 11.4 Å². The topological polar surface area (TPSA) is 107 Å². The van der Waals surface area contributed by atoms with Gasteiger partial charge in [-0.25, -0.2) is 0 Å². The molecule has 0 saturated carbocycles. The number of nitrogens with one attached hydrogen (secondary N) is 4. The fraction of sp³-hybridized carbons (Fsp3) is 0.214. The van der Waals surface area contributed by atoms with E-state index >= 15 is 0 Å². The van der Waals surface area contributed by atoms with Gasteiger partial charge in [-0.05, 0) is 72.6 Å². The van der Waals surface area contributed by atoms with Crippen molar-refractivity contribution in [2.75, 3.05) is 38.8 Å². The zero-order valence-corrected chi connectivity index (χ0v) is 21.1. The number of nitrogens with zero attached hydrogens (tertiary/aromatic N) is 2. The van der Waals surface area contributed by atoms with E-state index in [9.17, 15) is 9.59 Å². The number of aryl methyl sites for hydroxylation is 1. The van der Waals surface area contributed by atoms with Gasteiger partial charge in [0.15, 0.2) is 0 Å². The van der Waals surface area contributed by atoms with Crippen LogP contribution in [0.5, 0.6) is 0 Å². The molecule has 3 aromatic carbocycles. The third-order valence-electron chi connectivity index (χ3n) is 5.64. The molecule has 3 aromatic rings. The van der Waals surface area contributed by atoms with Gasteiger partial charge in [-0.3, -0.25) is 19.6 Å². The number of anilines is 2. The largest absolute Gasteiger partial charge is 0.373 e. The molecule has 3 rings (SSSR count). The number of hydrogen-bond donors (Lipinski definition) is 4. The number of carbonyl (C=O) groups is 2. The van der Waals surface area contributed by atoms with Crippen LogP contribution in [0.25, 0.3) is 0 Å². The first-order chi connectivity index (χ1) is 17.5. The molecule has 186 valence electrons. The lowest BCUT2D eigenvalue weighted by Gasteiger charge is -2.09. The number of carbonyl (C=O) groups excluding carboxylic acids is 2. The molecule has 0 heterocycles. The minimum absolute atomic E-state index is 0.0689. The molecule has 0 bridgehead atoms. The van der Waals surface area contributed by atoms with Gasteiger partial charge in [-0.2, -0.15) is 0 Å². The molecule has 0 atom stereocenters. The Bertz CT molecular complexity index is 1230. The molecule has 0 saturated heterocycles. The molecule has 0 fully saturated rings. The molecule has 0 aliphatic rings. The van der Waals surface area contributed by atoms with Gasteiger partial charge in [-0.15, -0.1) is 0 Å². The Labute approximate surface area is 212 Å². The van der Waals surface area contributed by atoms with Crippen molar-refractivity contribution < 1.29 is 9.59 Å². The average molecular weight is 485 g/mol. The molecule has 0 aromatic heterocycles. The SMILES string of the molecule is CN=C(NC)c1ccc(NC(=O)CCc2ccc(C(=O)Nc3ccc(C(=NC)NC)cc3)cc2)cc1. The van der Waals surface area contributed by atoms with Crippen LogP contribution in [0.2, 0.25) is 0 Å². The molecule has 0 unspecified atom stereocenters. The molecular weight excluding hydrogens is 452 g/mol. The normalized spacial score (nSPS) is 11.6. The van der Waals surface area contributed by atoms with Crippen molar-refractivity contribution in [1.29, 1.82) is 0 Å². The molecule has 4 N–H and O–H groups in total. The number of rotatable bonds is 8. The molecule has 36 heavy (non-hydrogen) atoms. The molecule has 0 aliphatic heterocycles. The summed E-state index contributed by atoms with van der Waals surface area (Å²) in [6.45, 7) is 0. The van der Waals surface area contributed by atoms with Gasteiger partial charge in [0.25, 0.3) is 5.91 Å². The first kappa shape index (κ1) is 26.2.